The molecule has 0 aliphatic carbocycles. The molecule has 0 unspecified atom stereocenters. The van der Waals surface area contributed by atoms with E-state index < -0.39 is 17.4 Å². The quantitative estimate of drug-likeness (QED) is 0.767. The van der Waals surface area contributed by atoms with Crippen molar-refractivity contribution in [2.75, 3.05) is 0 Å². The van der Waals surface area contributed by atoms with Gasteiger partial charge in [0, 0.05) is 4.47 Å². The zero-order valence-corrected chi connectivity index (χ0v) is 10.2. The van der Waals surface area contributed by atoms with Gasteiger partial charge in [-0.1, -0.05) is 18.2 Å². The number of carbonyl (C=O) groups excluding carboxylic acids is 1. The van der Waals surface area contributed by atoms with Crippen LogP contribution < -0.4 is 0 Å². The molecule has 1 nitrogen and oxygen atoms in total. The van der Waals surface area contributed by atoms with Gasteiger partial charge in [0.25, 0.3) is 0 Å². The molecule has 2 aromatic carbocycles. The first-order valence-corrected chi connectivity index (χ1v) is 5.64. The molecule has 0 fully saturated rings. The third kappa shape index (κ3) is 2.26. The molecule has 0 aliphatic rings. The van der Waals surface area contributed by atoms with E-state index in [1.807, 2.05) is 0 Å². The van der Waals surface area contributed by atoms with Crippen LogP contribution in [0.1, 0.15) is 15.9 Å². The summed E-state index contributed by atoms with van der Waals surface area (Å²) in [4.78, 5) is 12.0. The maximum atomic E-state index is 13.5. The molecule has 86 valence electrons. The number of halogens is 3. The smallest absolute Gasteiger partial charge is 0.200 e. The van der Waals surface area contributed by atoms with E-state index >= 15 is 0 Å². The molecule has 17 heavy (non-hydrogen) atoms. The van der Waals surface area contributed by atoms with E-state index in [2.05, 4.69) is 15.9 Å². The van der Waals surface area contributed by atoms with Crippen LogP contribution in [0.2, 0.25) is 0 Å². The van der Waals surface area contributed by atoms with E-state index in [-0.39, 0.29) is 11.1 Å². The van der Waals surface area contributed by atoms with E-state index in [1.54, 1.807) is 0 Å². The van der Waals surface area contributed by atoms with Crippen molar-refractivity contribution < 1.29 is 13.6 Å². The van der Waals surface area contributed by atoms with Crippen LogP contribution in [-0.4, -0.2) is 5.78 Å². The van der Waals surface area contributed by atoms with Gasteiger partial charge in [0.15, 0.2) is 5.78 Å². The molecule has 0 amide bonds. The van der Waals surface area contributed by atoms with Crippen molar-refractivity contribution in [2.24, 2.45) is 0 Å². The van der Waals surface area contributed by atoms with Crippen molar-refractivity contribution >= 4 is 21.7 Å². The van der Waals surface area contributed by atoms with Crippen LogP contribution in [0.5, 0.6) is 0 Å². The molecule has 2 rings (SSSR count). The SMILES string of the molecule is O=C(c1ccccc1F)c1c(F)cccc1Br. The fourth-order valence-corrected chi connectivity index (χ4v) is 2.02. The Kier molecular flexibility index (Phi) is 3.33. The van der Waals surface area contributed by atoms with Crippen LogP contribution in [0.4, 0.5) is 8.78 Å². The first-order chi connectivity index (χ1) is 8.11. The largest absolute Gasteiger partial charge is 0.288 e. The Morgan fingerprint density at radius 2 is 1.59 bits per heavy atom. The highest BCUT2D eigenvalue weighted by atomic mass is 79.9. The molecule has 0 saturated heterocycles. The molecule has 0 saturated carbocycles. The minimum atomic E-state index is -0.673. The Labute approximate surface area is 105 Å². The molecule has 4 heteroatoms. The van der Waals surface area contributed by atoms with Crippen molar-refractivity contribution in [2.45, 2.75) is 0 Å². The van der Waals surface area contributed by atoms with Crippen molar-refractivity contribution in [1.82, 2.24) is 0 Å². The Balaban J connectivity index is 2.56. The standard InChI is InChI=1S/C13H7BrF2O/c14-9-5-3-7-11(16)12(9)13(17)8-4-1-2-6-10(8)15/h1-7H. The van der Waals surface area contributed by atoms with Gasteiger partial charge in [-0.25, -0.2) is 8.78 Å². The van der Waals surface area contributed by atoms with Crippen LogP contribution in [-0.2, 0) is 0 Å². The molecule has 0 heterocycles. The van der Waals surface area contributed by atoms with Gasteiger partial charge in [-0.15, -0.1) is 0 Å². The van der Waals surface area contributed by atoms with Gasteiger partial charge in [0.2, 0.25) is 0 Å². The lowest BCUT2D eigenvalue weighted by atomic mass is 10.0. The van der Waals surface area contributed by atoms with E-state index in [1.165, 1.54) is 42.5 Å². The summed E-state index contributed by atoms with van der Waals surface area (Å²) in [6, 6.07) is 9.68. The topological polar surface area (TPSA) is 17.1 Å². The van der Waals surface area contributed by atoms with Gasteiger partial charge in [0.05, 0.1) is 11.1 Å². The van der Waals surface area contributed by atoms with Crippen LogP contribution >= 0.6 is 15.9 Å². The van der Waals surface area contributed by atoms with E-state index in [0.717, 1.165) is 0 Å². The number of hydrogen-bond donors (Lipinski definition) is 0. The second-order valence-corrected chi connectivity index (χ2v) is 4.26. The first-order valence-electron chi connectivity index (χ1n) is 4.84. The van der Waals surface area contributed by atoms with Gasteiger partial charge in [-0.2, -0.15) is 0 Å². The average molecular weight is 297 g/mol. The predicted octanol–water partition coefficient (Wildman–Crippen LogP) is 3.96. The van der Waals surface area contributed by atoms with Gasteiger partial charge in [-0.3, -0.25) is 4.79 Å². The van der Waals surface area contributed by atoms with Crippen molar-refractivity contribution in [3.63, 3.8) is 0 Å². The molecule has 0 aromatic heterocycles. The Hall–Kier alpha value is -1.55. The van der Waals surface area contributed by atoms with Gasteiger partial charge < -0.3 is 0 Å². The molecular formula is C13H7BrF2O. The summed E-state index contributed by atoms with van der Waals surface area (Å²) < 4.78 is 27.3. The normalized spacial score (nSPS) is 10.3. The van der Waals surface area contributed by atoms with E-state index in [9.17, 15) is 13.6 Å². The molecule has 0 bridgehead atoms. The summed E-state index contributed by atoms with van der Waals surface area (Å²) in [5, 5.41) is 0. The third-order valence-electron chi connectivity index (χ3n) is 2.31. The molecular weight excluding hydrogens is 290 g/mol. The summed E-state index contributed by atoms with van der Waals surface area (Å²) in [7, 11) is 0. The fourth-order valence-electron chi connectivity index (χ4n) is 1.49. The second-order valence-electron chi connectivity index (χ2n) is 3.41. The highest BCUT2D eigenvalue weighted by Crippen LogP contribution is 2.23. The maximum absolute atomic E-state index is 13.5. The monoisotopic (exact) mass is 296 g/mol. The summed E-state index contributed by atoms with van der Waals surface area (Å²) in [6.45, 7) is 0. The molecule has 0 radical (unpaired) electrons. The highest BCUT2D eigenvalue weighted by Gasteiger charge is 2.19. The van der Waals surface area contributed by atoms with Crippen LogP contribution in [0.3, 0.4) is 0 Å². The van der Waals surface area contributed by atoms with Crippen LogP contribution in [0.15, 0.2) is 46.9 Å². The second kappa shape index (κ2) is 4.75. The maximum Gasteiger partial charge on any atom is 0.200 e. The number of ketones is 1. The lowest BCUT2D eigenvalue weighted by Crippen LogP contribution is -2.07. The fraction of sp³-hybridized carbons (Fsp3) is 0. The minimum Gasteiger partial charge on any atom is -0.288 e. The van der Waals surface area contributed by atoms with Crippen molar-refractivity contribution in [1.29, 1.82) is 0 Å². The molecule has 0 atom stereocenters. The summed E-state index contributed by atoms with van der Waals surface area (Å²) in [5.41, 5.74) is -0.295. The lowest BCUT2D eigenvalue weighted by molar-refractivity contribution is 0.103. The van der Waals surface area contributed by atoms with E-state index in [0.29, 0.717) is 4.47 Å². The van der Waals surface area contributed by atoms with E-state index in [4.69, 9.17) is 0 Å². The Morgan fingerprint density at radius 3 is 2.24 bits per heavy atom. The summed E-state index contributed by atoms with van der Waals surface area (Å²) >= 11 is 3.09. The zero-order chi connectivity index (χ0) is 12.4. The predicted molar refractivity (Wildman–Crippen MR) is 63.9 cm³/mol. The highest BCUT2D eigenvalue weighted by molar-refractivity contribution is 9.10. The van der Waals surface area contributed by atoms with Gasteiger partial charge in [-0.05, 0) is 40.2 Å². The first kappa shape index (κ1) is 11.9. The van der Waals surface area contributed by atoms with Gasteiger partial charge in [0.1, 0.15) is 11.6 Å². The Bertz CT molecular complexity index is 561. The number of rotatable bonds is 2. The number of benzene rings is 2. The molecule has 0 N–H and O–H groups in total. The summed E-state index contributed by atoms with van der Waals surface area (Å²) in [5.74, 6) is -2.01. The molecule has 0 aliphatic heterocycles. The van der Waals surface area contributed by atoms with Gasteiger partial charge >= 0.3 is 0 Å². The van der Waals surface area contributed by atoms with Crippen molar-refractivity contribution in [3.05, 3.63) is 69.7 Å². The van der Waals surface area contributed by atoms with Crippen LogP contribution in [0.25, 0.3) is 0 Å². The minimum absolute atomic E-state index is 0.140. The van der Waals surface area contributed by atoms with Crippen LogP contribution in [0, 0.1) is 11.6 Å². The summed E-state index contributed by atoms with van der Waals surface area (Å²) in [6.07, 6.45) is 0. The average Bonchev–Trinajstić information content (AvgIpc) is 2.29. The van der Waals surface area contributed by atoms with Crippen molar-refractivity contribution in [3.8, 4) is 0 Å². The lowest BCUT2D eigenvalue weighted by Gasteiger charge is -2.05. The zero-order valence-electron chi connectivity index (χ0n) is 8.58. The molecule has 0 spiro atoms. The molecule has 2 aromatic rings. The number of hydrogen-bond acceptors (Lipinski definition) is 1. The number of carbonyl (C=O) groups is 1. The Morgan fingerprint density at radius 1 is 0.941 bits per heavy atom. The third-order valence-corrected chi connectivity index (χ3v) is 2.97.